The molecule has 8 nitrogen and oxygen atoms in total. The van der Waals surface area contributed by atoms with Crippen molar-refractivity contribution in [1.29, 1.82) is 0 Å². The van der Waals surface area contributed by atoms with Gasteiger partial charge in [-0.2, -0.15) is 18.2 Å². The summed E-state index contributed by atoms with van der Waals surface area (Å²) in [6, 6.07) is 4.22. The van der Waals surface area contributed by atoms with Crippen LogP contribution < -0.4 is 15.1 Å². The van der Waals surface area contributed by atoms with Crippen molar-refractivity contribution in [3.05, 3.63) is 58.3 Å². The number of carbonyl (C=O) groups is 1. The van der Waals surface area contributed by atoms with Crippen LogP contribution in [0.25, 0.3) is 0 Å². The third-order valence-corrected chi connectivity index (χ3v) is 7.26. The zero-order valence-corrected chi connectivity index (χ0v) is 22.8. The number of amides is 1. The topological polar surface area (TPSA) is 67.8 Å². The minimum atomic E-state index is -4.51. The summed E-state index contributed by atoms with van der Waals surface area (Å²) < 4.78 is 42.1. The highest BCUT2D eigenvalue weighted by Crippen LogP contribution is 2.37. The molecule has 0 unspecified atom stereocenters. The van der Waals surface area contributed by atoms with E-state index in [-0.39, 0.29) is 34.6 Å². The molecule has 2 aliphatic rings. The first-order valence-electron chi connectivity index (χ1n) is 12.4. The van der Waals surface area contributed by atoms with Crippen LogP contribution in [0.4, 0.5) is 36.3 Å². The highest BCUT2D eigenvalue weighted by atomic mass is 32.1. The van der Waals surface area contributed by atoms with Gasteiger partial charge in [0.25, 0.3) is 5.91 Å². The summed E-state index contributed by atoms with van der Waals surface area (Å²) in [5.74, 6) is 0.197. The molecular formula is C26H32F3N7OS. The second kappa shape index (κ2) is 11.3. The molecule has 2 aromatic rings. The van der Waals surface area contributed by atoms with Crippen molar-refractivity contribution in [2.45, 2.75) is 26.6 Å². The molecule has 1 fully saturated rings. The van der Waals surface area contributed by atoms with E-state index in [1.54, 1.807) is 37.2 Å². The summed E-state index contributed by atoms with van der Waals surface area (Å²) >= 11 is 4.41. The molecule has 1 aromatic carbocycles. The van der Waals surface area contributed by atoms with Crippen LogP contribution in [-0.2, 0) is 17.5 Å². The fourth-order valence-corrected chi connectivity index (χ4v) is 4.97. The minimum absolute atomic E-state index is 0.107. The number of halogens is 3. The third kappa shape index (κ3) is 5.82. The van der Waals surface area contributed by atoms with E-state index in [1.165, 1.54) is 17.2 Å². The van der Waals surface area contributed by atoms with Gasteiger partial charge in [0, 0.05) is 52.5 Å². The molecule has 0 spiro atoms. The summed E-state index contributed by atoms with van der Waals surface area (Å²) in [6.07, 6.45) is 0.485. The SMILES string of the molecule is C/C=C\C1=C(S)C(=O)N(C)c2cnc(Nc3ccc(CN4CCN(CC)CC4)c(C(F)(F)F)c3)nc2N1C. The molecule has 1 amide bonds. The number of carbonyl (C=O) groups excluding carboxylic acids is 1. The largest absolute Gasteiger partial charge is 0.416 e. The number of likely N-dealkylation sites (N-methyl/N-ethyl adjacent to an activating group) is 3. The monoisotopic (exact) mass is 547 g/mol. The van der Waals surface area contributed by atoms with Crippen molar-refractivity contribution in [2.75, 3.05) is 61.9 Å². The van der Waals surface area contributed by atoms with E-state index in [1.807, 2.05) is 6.92 Å². The van der Waals surface area contributed by atoms with Gasteiger partial charge in [0.1, 0.15) is 5.69 Å². The van der Waals surface area contributed by atoms with Crippen molar-refractivity contribution in [3.63, 3.8) is 0 Å². The number of thiol groups is 1. The standard InChI is InChI=1S/C26H32F3N7OS/c1-5-7-20-22(38)24(37)34(4)21-15-30-25(32-23(21)33(20)3)31-18-9-8-17(19(14-18)26(27,28)29)16-36-12-10-35(6-2)11-13-36/h5,7-9,14-15,38H,6,10-13,16H2,1-4H3,(H,30,31,32)/b7-5-. The van der Waals surface area contributed by atoms with Crippen molar-refractivity contribution >= 4 is 41.7 Å². The number of piperazine rings is 1. The molecule has 0 bridgehead atoms. The molecule has 0 saturated carbocycles. The lowest BCUT2D eigenvalue weighted by molar-refractivity contribution is -0.138. The molecular weight excluding hydrogens is 515 g/mol. The van der Waals surface area contributed by atoms with Crippen molar-refractivity contribution < 1.29 is 18.0 Å². The Morgan fingerprint density at radius 1 is 1.11 bits per heavy atom. The summed E-state index contributed by atoms with van der Waals surface area (Å²) in [6.45, 7) is 8.25. The lowest BCUT2D eigenvalue weighted by Gasteiger charge is -2.34. The molecule has 4 rings (SSSR count). The van der Waals surface area contributed by atoms with Crippen LogP contribution in [0.5, 0.6) is 0 Å². The van der Waals surface area contributed by atoms with E-state index in [4.69, 9.17) is 0 Å². The summed E-state index contributed by atoms with van der Waals surface area (Å²) in [4.78, 5) is 29.3. The second-order valence-electron chi connectivity index (χ2n) is 9.26. The van der Waals surface area contributed by atoms with Gasteiger partial charge < -0.3 is 20.0 Å². The van der Waals surface area contributed by atoms with E-state index in [0.29, 0.717) is 17.2 Å². The van der Waals surface area contributed by atoms with Crippen molar-refractivity contribution in [3.8, 4) is 0 Å². The van der Waals surface area contributed by atoms with Crippen LogP contribution in [0.15, 0.2) is 47.2 Å². The Hall–Kier alpha value is -3.09. The van der Waals surface area contributed by atoms with Crippen LogP contribution in [0, 0.1) is 0 Å². The molecule has 204 valence electrons. The maximum Gasteiger partial charge on any atom is 0.416 e. The highest BCUT2D eigenvalue weighted by molar-refractivity contribution is 7.85. The van der Waals surface area contributed by atoms with Gasteiger partial charge in [0.2, 0.25) is 5.95 Å². The van der Waals surface area contributed by atoms with Crippen molar-refractivity contribution in [1.82, 2.24) is 19.8 Å². The van der Waals surface area contributed by atoms with Gasteiger partial charge in [-0.25, -0.2) is 4.98 Å². The number of rotatable bonds is 6. The van der Waals surface area contributed by atoms with Crippen LogP contribution in [0.2, 0.25) is 0 Å². The molecule has 0 radical (unpaired) electrons. The van der Waals surface area contributed by atoms with Gasteiger partial charge in [0.15, 0.2) is 5.82 Å². The van der Waals surface area contributed by atoms with Gasteiger partial charge >= 0.3 is 6.18 Å². The van der Waals surface area contributed by atoms with Gasteiger partial charge in [-0.05, 0) is 37.2 Å². The normalized spacial score (nSPS) is 17.8. The molecule has 1 aromatic heterocycles. The molecule has 1 N–H and O–H groups in total. The fourth-order valence-electron chi connectivity index (χ4n) is 4.60. The Morgan fingerprint density at radius 3 is 2.42 bits per heavy atom. The van der Waals surface area contributed by atoms with Crippen LogP contribution in [0.3, 0.4) is 0 Å². The maximum atomic E-state index is 14.0. The van der Waals surface area contributed by atoms with Crippen molar-refractivity contribution in [2.24, 2.45) is 0 Å². The number of alkyl halides is 3. The molecule has 38 heavy (non-hydrogen) atoms. The Morgan fingerprint density at radius 2 is 1.79 bits per heavy atom. The lowest BCUT2D eigenvalue weighted by atomic mass is 10.0. The predicted octanol–water partition coefficient (Wildman–Crippen LogP) is 4.51. The van der Waals surface area contributed by atoms with Gasteiger partial charge in [-0.15, -0.1) is 12.6 Å². The molecule has 12 heteroatoms. The van der Waals surface area contributed by atoms with Crippen LogP contribution in [-0.4, -0.2) is 72.5 Å². The number of nitrogens with zero attached hydrogens (tertiary/aromatic N) is 6. The quantitative estimate of drug-likeness (QED) is 0.516. The number of hydrogen-bond donors (Lipinski definition) is 2. The Labute approximate surface area is 226 Å². The zero-order valence-electron chi connectivity index (χ0n) is 21.9. The molecule has 1 saturated heterocycles. The van der Waals surface area contributed by atoms with Gasteiger partial charge in [0.05, 0.1) is 22.4 Å². The molecule has 0 atom stereocenters. The van der Waals surface area contributed by atoms with Gasteiger partial charge in [-0.1, -0.05) is 19.1 Å². The summed E-state index contributed by atoms with van der Waals surface area (Å²) in [5, 5.41) is 2.91. The van der Waals surface area contributed by atoms with E-state index >= 15 is 0 Å². The Balaban J connectivity index is 1.62. The van der Waals surface area contributed by atoms with Crippen LogP contribution >= 0.6 is 12.6 Å². The van der Waals surface area contributed by atoms with E-state index in [0.717, 1.165) is 38.8 Å². The zero-order chi connectivity index (χ0) is 27.6. The predicted molar refractivity (Wildman–Crippen MR) is 147 cm³/mol. The summed E-state index contributed by atoms with van der Waals surface area (Å²) in [5.41, 5.74) is 0.758. The van der Waals surface area contributed by atoms with Crippen LogP contribution in [0.1, 0.15) is 25.0 Å². The Kier molecular flexibility index (Phi) is 8.34. The number of anilines is 4. The molecule has 0 aliphatic carbocycles. The summed E-state index contributed by atoms with van der Waals surface area (Å²) in [7, 11) is 3.33. The number of aromatic nitrogens is 2. The minimum Gasteiger partial charge on any atom is -0.326 e. The number of nitrogens with one attached hydrogen (secondary N) is 1. The third-order valence-electron chi connectivity index (χ3n) is 6.84. The average molecular weight is 548 g/mol. The molecule has 3 heterocycles. The van der Waals surface area contributed by atoms with E-state index in [2.05, 4.69) is 44.6 Å². The average Bonchev–Trinajstić information content (AvgIpc) is 2.96. The lowest BCUT2D eigenvalue weighted by Crippen LogP contribution is -2.45. The number of fused-ring (bicyclic) bond motifs is 1. The van der Waals surface area contributed by atoms with E-state index in [9.17, 15) is 18.0 Å². The number of benzene rings is 1. The van der Waals surface area contributed by atoms with Gasteiger partial charge in [-0.3, -0.25) is 9.69 Å². The first-order chi connectivity index (χ1) is 18.0. The first kappa shape index (κ1) is 27.9. The second-order valence-corrected chi connectivity index (χ2v) is 9.71. The van der Waals surface area contributed by atoms with E-state index < -0.39 is 11.7 Å². The number of allylic oxidation sites excluding steroid dienone is 2. The number of hydrogen-bond acceptors (Lipinski definition) is 8. The fraction of sp³-hybridized carbons (Fsp3) is 0.423. The maximum absolute atomic E-state index is 14.0. The molecule has 2 aliphatic heterocycles. The smallest absolute Gasteiger partial charge is 0.326 e. The Bertz CT molecular complexity index is 1260. The first-order valence-corrected chi connectivity index (χ1v) is 12.8. The highest BCUT2D eigenvalue weighted by Gasteiger charge is 2.34.